The van der Waals surface area contributed by atoms with Crippen LogP contribution in [0.1, 0.15) is 33.5 Å². The highest BCUT2D eigenvalue weighted by Crippen LogP contribution is 2.05. The molecular weight excluding hydrogens is 266 g/mol. The molecule has 1 heterocycles. The van der Waals surface area contributed by atoms with Gasteiger partial charge in [-0.2, -0.15) is 0 Å². The van der Waals surface area contributed by atoms with E-state index in [1.54, 1.807) is 14.2 Å². The average molecular weight is 295 g/mol. The standard InChI is InChI=1S/C15H29N5O/c1-12(2)10-20-8-7-17-13(20)9-18-14(16-5)19-11-15(3,4)21-6/h7-8,12H,9-11H2,1-6H3,(H2,16,18,19). The summed E-state index contributed by atoms with van der Waals surface area (Å²) in [5.74, 6) is 2.36. The van der Waals surface area contributed by atoms with Gasteiger partial charge in [-0.25, -0.2) is 4.98 Å². The predicted octanol–water partition coefficient (Wildman–Crippen LogP) is 1.63. The van der Waals surface area contributed by atoms with Crippen molar-refractivity contribution in [3.63, 3.8) is 0 Å². The van der Waals surface area contributed by atoms with Crippen molar-refractivity contribution in [1.82, 2.24) is 20.2 Å². The van der Waals surface area contributed by atoms with Gasteiger partial charge in [-0.3, -0.25) is 4.99 Å². The van der Waals surface area contributed by atoms with Gasteiger partial charge in [-0.15, -0.1) is 0 Å². The smallest absolute Gasteiger partial charge is 0.191 e. The van der Waals surface area contributed by atoms with E-state index in [-0.39, 0.29) is 5.60 Å². The number of hydrogen-bond acceptors (Lipinski definition) is 3. The molecule has 0 bridgehead atoms. The van der Waals surface area contributed by atoms with Crippen LogP contribution >= 0.6 is 0 Å². The van der Waals surface area contributed by atoms with Crippen molar-refractivity contribution in [1.29, 1.82) is 0 Å². The number of aliphatic imine (C=N–C) groups is 1. The Morgan fingerprint density at radius 1 is 1.43 bits per heavy atom. The van der Waals surface area contributed by atoms with Crippen molar-refractivity contribution < 1.29 is 4.74 Å². The molecule has 0 saturated carbocycles. The third kappa shape index (κ3) is 6.16. The van der Waals surface area contributed by atoms with Gasteiger partial charge in [0.15, 0.2) is 5.96 Å². The zero-order chi connectivity index (χ0) is 15.9. The Morgan fingerprint density at radius 3 is 2.71 bits per heavy atom. The third-order valence-corrected chi connectivity index (χ3v) is 3.24. The van der Waals surface area contributed by atoms with Crippen LogP contribution in [-0.4, -0.2) is 41.8 Å². The van der Waals surface area contributed by atoms with Crippen molar-refractivity contribution >= 4 is 5.96 Å². The molecule has 0 aliphatic heterocycles. The first kappa shape index (κ1) is 17.5. The predicted molar refractivity (Wildman–Crippen MR) is 86.4 cm³/mol. The maximum atomic E-state index is 5.38. The van der Waals surface area contributed by atoms with Crippen molar-refractivity contribution in [2.45, 2.75) is 46.4 Å². The SMILES string of the molecule is CN=C(NCc1nccn1CC(C)C)NCC(C)(C)OC. The van der Waals surface area contributed by atoms with Crippen LogP contribution in [0.4, 0.5) is 0 Å². The van der Waals surface area contributed by atoms with Crippen LogP contribution in [0.15, 0.2) is 17.4 Å². The van der Waals surface area contributed by atoms with Gasteiger partial charge in [0, 0.05) is 39.6 Å². The zero-order valence-corrected chi connectivity index (χ0v) is 14.1. The minimum absolute atomic E-state index is 0.228. The Labute approximate surface area is 128 Å². The minimum Gasteiger partial charge on any atom is -0.377 e. The molecule has 1 aromatic rings. The first-order chi connectivity index (χ1) is 9.88. The number of guanidine groups is 1. The molecular formula is C15H29N5O. The summed E-state index contributed by atoms with van der Waals surface area (Å²) >= 11 is 0. The summed E-state index contributed by atoms with van der Waals surface area (Å²) in [4.78, 5) is 8.61. The van der Waals surface area contributed by atoms with E-state index in [0.717, 1.165) is 18.3 Å². The number of nitrogens with zero attached hydrogens (tertiary/aromatic N) is 3. The lowest BCUT2D eigenvalue weighted by Crippen LogP contribution is -2.45. The Bertz CT molecular complexity index is 451. The lowest BCUT2D eigenvalue weighted by molar-refractivity contribution is 0.0268. The number of aromatic nitrogens is 2. The lowest BCUT2D eigenvalue weighted by atomic mass is 10.1. The molecule has 0 spiro atoms. The van der Waals surface area contributed by atoms with Gasteiger partial charge in [-0.1, -0.05) is 13.8 Å². The zero-order valence-electron chi connectivity index (χ0n) is 14.1. The van der Waals surface area contributed by atoms with E-state index in [4.69, 9.17) is 4.74 Å². The summed E-state index contributed by atoms with van der Waals surface area (Å²) in [6, 6.07) is 0. The molecule has 0 fully saturated rings. The maximum Gasteiger partial charge on any atom is 0.191 e. The van der Waals surface area contributed by atoms with Gasteiger partial charge >= 0.3 is 0 Å². The van der Waals surface area contributed by atoms with E-state index in [1.807, 2.05) is 26.2 Å². The summed E-state index contributed by atoms with van der Waals surface area (Å²) in [5.41, 5.74) is -0.228. The fourth-order valence-corrected chi connectivity index (χ4v) is 1.82. The van der Waals surface area contributed by atoms with Gasteiger partial charge in [0.1, 0.15) is 5.82 Å². The van der Waals surface area contributed by atoms with E-state index in [2.05, 4.69) is 39.0 Å². The van der Waals surface area contributed by atoms with Crippen molar-refractivity contribution in [3.8, 4) is 0 Å². The van der Waals surface area contributed by atoms with E-state index in [1.165, 1.54) is 0 Å². The molecule has 6 heteroatoms. The van der Waals surface area contributed by atoms with Gasteiger partial charge in [0.2, 0.25) is 0 Å². The average Bonchev–Trinajstić information content (AvgIpc) is 2.85. The Balaban J connectivity index is 2.51. The summed E-state index contributed by atoms with van der Waals surface area (Å²) in [6.45, 7) is 10.8. The van der Waals surface area contributed by atoms with Crippen molar-refractivity contribution in [3.05, 3.63) is 18.2 Å². The van der Waals surface area contributed by atoms with E-state index in [9.17, 15) is 0 Å². The largest absolute Gasteiger partial charge is 0.377 e. The topological polar surface area (TPSA) is 63.5 Å². The second kappa shape index (κ2) is 8.02. The number of methoxy groups -OCH3 is 1. The molecule has 0 unspecified atom stereocenters. The van der Waals surface area contributed by atoms with Gasteiger partial charge in [0.05, 0.1) is 12.1 Å². The van der Waals surface area contributed by atoms with Crippen molar-refractivity contribution in [2.24, 2.45) is 10.9 Å². The number of nitrogens with one attached hydrogen (secondary N) is 2. The van der Waals surface area contributed by atoms with Crippen LogP contribution in [0.5, 0.6) is 0 Å². The quantitative estimate of drug-likeness (QED) is 0.593. The highest BCUT2D eigenvalue weighted by atomic mass is 16.5. The molecule has 0 radical (unpaired) electrons. The molecule has 0 saturated heterocycles. The van der Waals surface area contributed by atoms with Crippen LogP contribution in [-0.2, 0) is 17.8 Å². The minimum atomic E-state index is -0.228. The summed E-state index contributed by atoms with van der Waals surface area (Å²) < 4.78 is 7.55. The van der Waals surface area contributed by atoms with E-state index in [0.29, 0.717) is 19.0 Å². The molecule has 0 aliphatic rings. The van der Waals surface area contributed by atoms with E-state index >= 15 is 0 Å². The highest BCUT2D eigenvalue weighted by Gasteiger charge is 2.16. The molecule has 1 aromatic heterocycles. The monoisotopic (exact) mass is 295 g/mol. The first-order valence-corrected chi connectivity index (χ1v) is 7.37. The van der Waals surface area contributed by atoms with Crippen molar-refractivity contribution in [2.75, 3.05) is 20.7 Å². The lowest BCUT2D eigenvalue weighted by Gasteiger charge is -2.24. The fraction of sp³-hybridized carbons (Fsp3) is 0.733. The Hall–Kier alpha value is -1.56. The Morgan fingerprint density at radius 2 is 2.14 bits per heavy atom. The number of ether oxygens (including phenoxy) is 1. The van der Waals surface area contributed by atoms with Crippen LogP contribution in [0.2, 0.25) is 0 Å². The molecule has 21 heavy (non-hydrogen) atoms. The molecule has 120 valence electrons. The highest BCUT2D eigenvalue weighted by molar-refractivity contribution is 5.79. The second-order valence-corrected chi connectivity index (χ2v) is 6.13. The summed E-state index contributed by atoms with van der Waals surface area (Å²) in [7, 11) is 3.47. The van der Waals surface area contributed by atoms with Crippen LogP contribution in [0, 0.1) is 5.92 Å². The first-order valence-electron chi connectivity index (χ1n) is 7.37. The maximum absolute atomic E-state index is 5.38. The normalized spacial score (nSPS) is 12.8. The summed E-state index contributed by atoms with van der Waals surface area (Å²) in [6.07, 6.45) is 3.85. The molecule has 0 aromatic carbocycles. The van der Waals surface area contributed by atoms with Gasteiger partial charge in [0.25, 0.3) is 0 Å². The second-order valence-electron chi connectivity index (χ2n) is 6.13. The van der Waals surface area contributed by atoms with Crippen LogP contribution in [0.3, 0.4) is 0 Å². The Kier molecular flexibility index (Phi) is 6.68. The molecule has 0 aliphatic carbocycles. The fourth-order valence-electron chi connectivity index (χ4n) is 1.82. The molecule has 6 nitrogen and oxygen atoms in total. The summed E-state index contributed by atoms with van der Waals surface area (Å²) in [5, 5.41) is 6.54. The van der Waals surface area contributed by atoms with Crippen LogP contribution < -0.4 is 10.6 Å². The van der Waals surface area contributed by atoms with Gasteiger partial charge in [-0.05, 0) is 19.8 Å². The molecule has 0 atom stereocenters. The number of hydrogen-bond donors (Lipinski definition) is 2. The molecule has 1 rings (SSSR count). The molecule has 0 amide bonds. The van der Waals surface area contributed by atoms with E-state index < -0.39 is 0 Å². The van der Waals surface area contributed by atoms with Gasteiger partial charge < -0.3 is 19.9 Å². The third-order valence-electron chi connectivity index (χ3n) is 3.24. The number of imidazole rings is 1. The number of rotatable bonds is 7. The van der Waals surface area contributed by atoms with Crippen LogP contribution in [0.25, 0.3) is 0 Å². The molecule has 2 N–H and O–H groups in total.